The molecule has 112 valence electrons. The van der Waals surface area contributed by atoms with Gasteiger partial charge in [-0.3, -0.25) is 0 Å². The van der Waals surface area contributed by atoms with Gasteiger partial charge in [-0.05, 0) is 55.9 Å². The number of benzene rings is 1. The van der Waals surface area contributed by atoms with Crippen molar-refractivity contribution in [3.05, 3.63) is 28.2 Å². The zero-order valence-corrected chi connectivity index (χ0v) is 14.0. The smallest absolute Gasteiger partial charge is 0.240 e. The molecular weight excluding hydrogens is 342 g/mol. The standard InChI is InChI=1S/C14H20BrNO3S/c1-11-9-13(5-6-14(11)15)20(17,18)16-7-2-8-19-10-12-3-4-12/h5-6,9,12,16H,2-4,7-8,10H2,1H3. The molecule has 0 radical (unpaired) electrons. The van der Waals surface area contributed by atoms with Gasteiger partial charge in [-0.15, -0.1) is 0 Å². The topological polar surface area (TPSA) is 55.4 Å². The van der Waals surface area contributed by atoms with Crippen molar-refractivity contribution in [1.82, 2.24) is 4.72 Å². The van der Waals surface area contributed by atoms with Crippen molar-refractivity contribution in [3.63, 3.8) is 0 Å². The van der Waals surface area contributed by atoms with Crippen LogP contribution in [-0.4, -0.2) is 28.2 Å². The molecule has 1 N–H and O–H groups in total. The first-order chi connectivity index (χ1) is 9.49. The maximum absolute atomic E-state index is 12.1. The Kier molecular flexibility index (Phi) is 5.60. The highest BCUT2D eigenvalue weighted by molar-refractivity contribution is 9.10. The van der Waals surface area contributed by atoms with Crippen LogP contribution in [0.4, 0.5) is 0 Å². The van der Waals surface area contributed by atoms with Crippen LogP contribution in [0.15, 0.2) is 27.6 Å². The van der Waals surface area contributed by atoms with E-state index in [1.165, 1.54) is 12.8 Å². The predicted octanol–water partition coefficient (Wildman–Crippen LogP) is 2.85. The highest BCUT2D eigenvalue weighted by atomic mass is 79.9. The van der Waals surface area contributed by atoms with Crippen molar-refractivity contribution in [2.45, 2.75) is 31.1 Å². The van der Waals surface area contributed by atoms with Gasteiger partial charge in [-0.1, -0.05) is 15.9 Å². The van der Waals surface area contributed by atoms with E-state index < -0.39 is 10.0 Å². The van der Waals surface area contributed by atoms with Crippen molar-refractivity contribution in [2.24, 2.45) is 5.92 Å². The molecule has 0 saturated heterocycles. The largest absolute Gasteiger partial charge is 0.381 e. The van der Waals surface area contributed by atoms with E-state index in [9.17, 15) is 8.42 Å². The van der Waals surface area contributed by atoms with Gasteiger partial charge >= 0.3 is 0 Å². The van der Waals surface area contributed by atoms with Crippen LogP contribution in [-0.2, 0) is 14.8 Å². The second-order valence-electron chi connectivity index (χ2n) is 5.18. The minimum absolute atomic E-state index is 0.303. The molecule has 6 heteroatoms. The van der Waals surface area contributed by atoms with Crippen molar-refractivity contribution >= 4 is 26.0 Å². The first-order valence-electron chi connectivity index (χ1n) is 6.82. The number of hydrogen-bond acceptors (Lipinski definition) is 3. The van der Waals surface area contributed by atoms with Crippen LogP contribution in [0.2, 0.25) is 0 Å². The Labute approximate surface area is 129 Å². The van der Waals surface area contributed by atoms with Gasteiger partial charge in [0.15, 0.2) is 0 Å². The van der Waals surface area contributed by atoms with Crippen molar-refractivity contribution < 1.29 is 13.2 Å². The molecule has 1 aromatic rings. The summed E-state index contributed by atoms with van der Waals surface area (Å²) in [4.78, 5) is 0.303. The zero-order chi connectivity index (χ0) is 14.6. The normalized spacial score (nSPS) is 15.5. The van der Waals surface area contributed by atoms with Crippen LogP contribution in [0.3, 0.4) is 0 Å². The summed E-state index contributed by atoms with van der Waals surface area (Å²) in [5.74, 6) is 0.748. The molecule has 20 heavy (non-hydrogen) atoms. The van der Waals surface area contributed by atoms with Gasteiger partial charge in [-0.2, -0.15) is 0 Å². The second kappa shape index (κ2) is 7.02. The van der Waals surface area contributed by atoms with Gasteiger partial charge in [-0.25, -0.2) is 13.1 Å². The number of sulfonamides is 1. The average molecular weight is 362 g/mol. The van der Waals surface area contributed by atoms with Gasteiger partial charge in [0.1, 0.15) is 0 Å². The van der Waals surface area contributed by atoms with E-state index in [0.717, 1.165) is 22.6 Å². The number of ether oxygens (including phenoxy) is 1. The third-order valence-corrected chi connectivity index (χ3v) is 5.60. The van der Waals surface area contributed by atoms with Crippen molar-refractivity contribution in [3.8, 4) is 0 Å². The lowest BCUT2D eigenvalue weighted by Crippen LogP contribution is -2.25. The SMILES string of the molecule is Cc1cc(S(=O)(=O)NCCCOCC2CC2)ccc1Br. The third kappa shape index (κ3) is 4.84. The van der Waals surface area contributed by atoms with Crippen LogP contribution in [0.5, 0.6) is 0 Å². The molecule has 0 aromatic heterocycles. The fourth-order valence-electron chi connectivity index (χ4n) is 1.78. The number of hydrogen-bond donors (Lipinski definition) is 1. The summed E-state index contributed by atoms with van der Waals surface area (Å²) in [5.41, 5.74) is 0.903. The Balaban J connectivity index is 1.76. The summed E-state index contributed by atoms with van der Waals surface area (Å²) in [6, 6.07) is 5.02. The molecule has 4 nitrogen and oxygen atoms in total. The van der Waals surface area contributed by atoms with E-state index in [1.54, 1.807) is 18.2 Å². The third-order valence-electron chi connectivity index (χ3n) is 3.25. The molecule has 0 unspecified atom stereocenters. The Morgan fingerprint density at radius 2 is 2.15 bits per heavy atom. The molecule has 1 aliphatic rings. The van der Waals surface area contributed by atoms with E-state index >= 15 is 0 Å². The minimum Gasteiger partial charge on any atom is -0.381 e. The lowest BCUT2D eigenvalue weighted by atomic mass is 10.2. The lowest BCUT2D eigenvalue weighted by Gasteiger charge is -2.08. The molecule has 0 amide bonds. The van der Waals surface area contributed by atoms with E-state index in [1.807, 2.05) is 6.92 Å². The van der Waals surface area contributed by atoms with Gasteiger partial charge in [0.2, 0.25) is 10.0 Å². The maximum Gasteiger partial charge on any atom is 0.240 e. The fraction of sp³-hybridized carbons (Fsp3) is 0.571. The van der Waals surface area contributed by atoms with E-state index in [2.05, 4.69) is 20.7 Å². The maximum atomic E-state index is 12.1. The quantitative estimate of drug-likeness (QED) is 0.724. The molecule has 1 fully saturated rings. The monoisotopic (exact) mass is 361 g/mol. The Hall–Kier alpha value is -0.430. The average Bonchev–Trinajstić information content (AvgIpc) is 3.21. The molecule has 0 aliphatic heterocycles. The predicted molar refractivity (Wildman–Crippen MR) is 82.2 cm³/mol. The van der Waals surface area contributed by atoms with E-state index in [4.69, 9.17) is 4.74 Å². The summed E-state index contributed by atoms with van der Waals surface area (Å²) in [6.45, 7) is 3.70. The molecule has 0 bridgehead atoms. The van der Waals surface area contributed by atoms with Crippen LogP contribution >= 0.6 is 15.9 Å². The lowest BCUT2D eigenvalue weighted by molar-refractivity contribution is 0.123. The molecular formula is C14H20BrNO3S. The first-order valence-corrected chi connectivity index (χ1v) is 9.10. The highest BCUT2D eigenvalue weighted by Crippen LogP contribution is 2.28. The van der Waals surface area contributed by atoms with Crippen LogP contribution in [0.25, 0.3) is 0 Å². The van der Waals surface area contributed by atoms with Crippen molar-refractivity contribution in [2.75, 3.05) is 19.8 Å². The number of nitrogens with one attached hydrogen (secondary N) is 1. The van der Waals surface area contributed by atoms with Crippen LogP contribution in [0.1, 0.15) is 24.8 Å². The van der Waals surface area contributed by atoms with E-state index in [0.29, 0.717) is 24.5 Å². The van der Waals surface area contributed by atoms with Gasteiger partial charge < -0.3 is 4.74 Å². The molecule has 0 heterocycles. The molecule has 2 rings (SSSR count). The summed E-state index contributed by atoms with van der Waals surface area (Å²) in [6.07, 6.45) is 3.24. The summed E-state index contributed by atoms with van der Waals surface area (Å²) >= 11 is 3.36. The Bertz CT molecular complexity index is 556. The molecule has 1 aromatic carbocycles. The van der Waals surface area contributed by atoms with Gasteiger partial charge in [0.05, 0.1) is 4.90 Å². The number of rotatable bonds is 8. The van der Waals surface area contributed by atoms with Gasteiger partial charge in [0.25, 0.3) is 0 Å². The number of aryl methyl sites for hydroxylation is 1. The first kappa shape index (κ1) is 15.9. The van der Waals surface area contributed by atoms with Gasteiger partial charge in [0, 0.05) is 24.2 Å². The van der Waals surface area contributed by atoms with Crippen molar-refractivity contribution in [1.29, 1.82) is 0 Å². The van der Waals surface area contributed by atoms with Crippen LogP contribution < -0.4 is 4.72 Å². The van der Waals surface area contributed by atoms with E-state index in [-0.39, 0.29) is 0 Å². The second-order valence-corrected chi connectivity index (χ2v) is 7.80. The molecule has 1 saturated carbocycles. The fourth-order valence-corrected chi connectivity index (χ4v) is 3.19. The summed E-state index contributed by atoms with van der Waals surface area (Å²) in [7, 11) is -3.42. The summed E-state index contributed by atoms with van der Waals surface area (Å²) in [5, 5.41) is 0. The zero-order valence-electron chi connectivity index (χ0n) is 11.6. The van der Waals surface area contributed by atoms with Crippen LogP contribution in [0, 0.1) is 12.8 Å². The molecule has 0 spiro atoms. The Morgan fingerprint density at radius 3 is 2.80 bits per heavy atom. The highest BCUT2D eigenvalue weighted by Gasteiger charge is 2.21. The molecule has 0 atom stereocenters. The Morgan fingerprint density at radius 1 is 1.40 bits per heavy atom. The molecule has 1 aliphatic carbocycles. The minimum atomic E-state index is -3.42. The summed E-state index contributed by atoms with van der Waals surface area (Å²) < 4.78 is 33.1. The number of halogens is 1.